The molecule has 0 amide bonds. The number of allylic oxidation sites excluding steroid dienone is 9. The Bertz CT molecular complexity index is 1170. The number of benzene rings is 1. The molecular formula is C27H25BN2O2. The zero-order chi connectivity index (χ0) is 23.1. The third-order valence-electron chi connectivity index (χ3n) is 5.23. The molecule has 158 valence electrons. The van der Waals surface area contributed by atoms with E-state index in [1.54, 1.807) is 24.3 Å². The molecule has 0 unspecified atom stereocenters. The molecule has 2 aliphatic heterocycles. The van der Waals surface area contributed by atoms with Crippen LogP contribution in [0.25, 0.3) is 0 Å². The Kier molecular flexibility index (Phi) is 7.66. The lowest BCUT2D eigenvalue weighted by atomic mass is 9.93. The summed E-state index contributed by atoms with van der Waals surface area (Å²) in [5.41, 5.74) is 5.79. The highest BCUT2D eigenvalue weighted by Gasteiger charge is 2.22. The summed E-state index contributed by atoms with van der Waals surface area (Å²) in [5.74, 6) is 1.53. The number of carbonyl (C=O) groups excluding carboxylic acids is 2. The molecule has 2 heterocycles. The zero-order valence-electron chi connectivity index (χ0n) is 18.6. The van der Waals surface area contributed by atoms with Gasteiger partial charge in [0, 0.05) is 11.1 Å². The largest absolute Gasteiger partial charge is 0.294 e. The Hall–Kier alpha value is -3.60. The molecule has 2 aliphatic rings. The average Bonchev–Trinajstić information content (AvgIpc) is 2.79. The van der Waals surface area contributed by atoms with Crippen LogP contribution in [0.15, 0.2) is 105 Å². The van der Waals surface area contributed by atoms with E-state index in [1.807, 2.05) is 63.3 Å². The second-order valence-corrected chi connectivity index (χ2v) is 7.45. The van der Waals surface area contributed by atoms with Crippen LogP contribution >= 0.6 is 0 Å². The third-order valence-corrected chi connectivity index (χ3v) is 5.23. The SMILES string of the molecule is [B]/C=C/C=C\C1=C(/C=C\C)C(=O)CC(c2ccc(C3=NC(/C=C\C)=C(C)C(=O)C3)cc2)=N1. The highest BCUT2D eigenvalue weighted by Crippen LogP contribution is 2.24. The van der Waals surface area contributed by atoms with Gasteiger partial charge in [-0.25, -0.2) is 0 Å². The van der Waals surface area contributed by atoms with E-state index in [9.17, 15) is 9.59 Å². The molecule has 0 aliphatic carbocycles. The van der Waals surface area contributed by atoms with Crippen molar-refractivity contribution in [2.45, 2.75) is 33.6 Å². The van der Waals surface area contributed by atoms with E-state index >= 15 is 0 Å². The molecule has 4 nitrogen and oxygen atoms in total. The summed E-state index contributed by atoms with van der Waals surface area (Å²) < 4.78 is 0. The third kappa shape index (κ3) is 5.17. The van der Waals surface area contributed by atoms with Crippen LogP contribution in [-0.2, 0) is 9.59 Å². The standard InChI is InChI=1S/C27H25BN2O2/c1-4-8-21-23(10-6-7-15-28)30-25(17-27(21)32)20-13-11-19(12-14-20)24-16-26(31)18(3)22(29-24)9-5-2/h4-15H,16-17H2,1-3H3/b8-4-,9-5-,10-6-,15-7+. The van der Waals surface area contributed by atoms with Gasteiger partial charge in [-0.1, -0.05) is 54.6 Å². The van der Waals surface area contributed by atoms with E-state index in [0.717, 1.165) is 16.8 Å². The van der Waals surface area contributed by atoms with Gasteiger partial charge in [-0.3, -0.25) is 19.6 Å². The highest BCUT2D eigenvalue weighted by atomic mass is 16.1. The van der Waals surface area contributed by atoms with E-state index < -0.39 is 0 Å². The molecule has 0 atom stereocenters. The van der Waals surface area contributed by atoms with E-state index in [0.29, 0.717) is 28.3 Å². The van der Waals surface area contributed by atoms with E-state index in [2.05, 4.69) is 4.99 Å². The summed E-state index contributed by atoms with van der Waals surface area (Å²) in [6, 6.07) is 7.72. The normalized spacial score (nSPS) is 18.1. The minimum atomic E-state index is 0.0208. The molecule has 0 saturated carbocycles. The minimum absolute atomic E-state index is 0.0208. The van der Waals surface area contributed by atoms with Crippen molar-refractivity contribution in [1.82, 2.24) is 0 Å². The van der Waals surface area contributed by atoms with Gasteiger partial charge in [-0.15, -0.1) is 5.98 Å². The minimum Gasteiger partial charge on any atom is -0.294 e. The molecule has 0 aromatic heterocycles. The first-order valence-corrected chi connectivity index (χ1v) is 10.6. The molecule has 3 rings (SSSR count). The lowest BCUT2D eigenvalue weighted by molar-refractivity contribution is -0.115. The molecule has 32 heavy (non-hydrogen) atoms. The van der Waals surface area contributed by atoms with Gasteiger partial charge in [0.25, 0.3) is 0 Å². The molecular weight excluding hydrogens is 395 g/mol. The first kappa shape index (κ1) is 23.1. The molecule has 1 aromatic carbocycles. The van der Waals surface area contributed by atoms with Gasteiger partial charge in [0.05, 0.1) is 35.7 Å². The Morgan fingerprint density at radius 3 is 1.91 bits per heavy atom. The van der Waals surface area contributed by atoms with Gasteiger partial charge in [0.1, 0.15) is 7.85 Å². The Balaban J connectivity index is 1.95. The summed E-state index contributed by atoms with van der Waals surface area (Å²) in [4.78, 5) is 34.5. The van der Waals surface area contributed by atoms with E-state index in [1.165, 1.54) is 5.98 Å². The predicted molar refractivity (Wildman–Crippen MR) is 132 cm³/mol. The van der Waals surface area contributed by atoms with E-state index in [4.69, 9.17) is 12.8 Å². The van der Waals surface area contributed by atoms with Crippen LogP contribution in [-0.4, -0.2) is 30.8 Å². The summed E-state index contributed by atoms with van der Waals surface area (Å²) >= 11 is 0. The average molecular weight is 420 g/mol. The summed E-state index contributed by atoms with van der Waals surface area (Å²) in [5, 5.41) is 0. The van der Waals surface area contributed by atoms with Crippen molar-refractivity contribution in [2.24, 2.45) is 9.98 Å². The van der Waals surface area contributed by atoms with Crippen LogP contribution in [0, 0.1) is 0 Å². The quantitative estimate of drug-likeness (QED) is 0.473. The molecule has 2 radical (unpaired) electrons. The van der Waals surface area contributed by atoms with Gasteiger partial charge in [0.15, 0.2) is 11.6 Å². The molecule has 0 fully saturated rings. The molecule has 1 aromatic rings. The van der Waals surface area contributed by atoms with Crippen LogP contribution in [0.5, 0.6) is 0 Å². The van der Waals surface area contributed by atoms with Crippen molar-refractivity contribution in [3.8, 4) is 0 Å². The Morgan fingerprint density at radius 1 is 0.781 bits per heavy atom. The number of Topliss-reactive ketones (excluding diaryl/α,β-unsaturated/α-hetero) is 2. The maximum Gasteiger partial charge on any atom is 0.170 e. The van der Waals surface area contributed by atoms with Crippen molar-refractivity contribution >= 4 is 30.8 Å². The smallest absolute Gasteiger partial charge is 0.170 e. The highest BCUT2D eigenvalue weighted by molar-refractivity contribution is 6.20. The Morgan fingerprint density at radius 2 is 1.34 bits per heavy atom. The monoisotopic (exact) mass is 420 g/mol. The first-order chi connectivity index (χ1) is 15.5. The number of nitrogens with zero attached hydrogens (tertiary/aromatic N) is 2. The number of ketones is 2. The van der Waals surface area contributed by atoms with Crippen molar-refractivity contribution in [1.29, 1.82) is 0 Å². The zero-order valence-corrected chi connectivity index (χ0v) is 18.6. The van der Waals surface area contributed by atoms with Gasteiger partial charge in [-0.2, -0.15) is 0 Å². The molecule has 0 N–H and O–H groups in total. The number of aliphatic imine (C=N–C) groups is 2. The number of hydrogen-bond donors (Lipinski definition) is 0. The van der Waals surface area contributed by atoms with Crippen LogP contribution in [0.3, 0.4) is 0 Å². The molecule has 0 bridgehead atoms. The van der Waals surface area contributed by atoms with Crippen LogP contribution in [0.1, 0.15) is 44.7 Å². The second kappa shape index (κ2) is 10.6. The van der Waals surface area contributed by atoms with Crippen LogP contribution in [0.2, 0.25) is 0 Å². The number of hydrogen-bond acceptors (Lipinski definition) is 4. The topological polar surface area (TPSA) is 58.9 Å². The van der Waals surface area contributed by atoms with Gasteiger partial charge in [-0.05, 0) is 44.1 Å². The molecule has 0 spiro atoms. The molecule has 5 heteroatoms. The lowest BCUT2D eigenvalue weighted by Crippen LogP contribution is -2.18. The van der Waals surface area contributed by atoms with Crippen molar-refractivity contribution < 1.29 is 9.59 Å². The summed E-state index contributed by atoms with van der Waals surface area (Å²) in [6.45, 7) is 5.59. The lowest BCUT2D eigenvalue weighted by Gasteiger charge is -2.17. The van der Waals surface area contributed by atoms with Crippen molar-refractivity contribution in [2.75, 3.05) is 0 Å². The maximum absolute atomic E-state index is 12.8. The summed E-state index contributed by atoms with van der Waals surface area (Å²) in [7, 11) is 5.40. The second-order valence-electron chi connectivity index (χ2n) is 7.45. The predicted octanol–water partition coefficient (Wildman–Crippen LogP) is 5.13. The van der Waals surface area contributed by atoms with Crippen molar-refractivity contribution in [3.63, 3.8) is 0 Å². The fraction of sp³-hybridized carbons (Fsp3) is 0.185. The first-order valence-electron chi connectivity index (χ1n) is 10.6. The van der Waals surface area contributed by atoms with Gasteiger partial charge < -0.3 is 0 Å². The maximum atomic E-state index is 12.8. The fourth-order valence-corrected chi connectivity index (χ4v) is 3.52. The molecule has 0 saturated heterocycles. The van der Waals surface area contributed by atoms with E-state index in [-0.39, 0.29) is 24.4 Å². The number of carbonyl (C=O) groups is 2. The summed E-state index contributed by atoms with van der Waals surface area (Å²) in [6.07, 6.45) is 13.1. The van der Waals surface area contributed by atoms with Crippen LogP contribution < -0.4 is 0 Å². The number of rotatable bonds is 6. The van der Waals surface area contributed by atoms with Crippen molar-refractivity contribution in [3.05, 3.63) is 106 Å². The van der Waals surface area contributed by atoms with Crippen LogP contribution in [0.4, 0.5) is 0 Å². The Labute approximate surface area is 190 Å². The fourth-order valence-electron chi connectivity index (χ4n) is 3.52. The van der Waals surface area contributed by atoms with Gasteiger partial charge in [0.2, 0.25) is 0 Å². The van der Waals surface area contributed by atoms with Gasteiger partial charge >= 0.3 is 0 Å².